The van der Waals surface area contributed by atoms with Crippen molar-refractivity contribution in [1.82, 2.24) is 0 Å². The molecule has 0 amide bonds. The molecule has 2 aromatic rings. The van der Waals surface area contributed by atoms with Crippen LogP contribution in [0.4, 0.5) is 0 Å². The minimum absolute atomic E-state index is 0.382. The van der Waals surface area contributed by atoms with E-state index in [2.05, 4.69) is 6.58 Å². The summed E-state index contributed by atoms with van der Waals surface area (Å²) in [7, 11) is 3.35. The van der Waals surface area contributed by atoms with Crippen molar-refractivity contribution in [2.45, 2.75) is 13.5 Å². The predicted octanol–water partition coefficient (Wildman–Crippen LogP) is 4.55. The van der Waals surface area contributed by atoms with E-state index in [1.807, 2.05) is 43.3 Å². The molecule has 0 fully saturated rings. The Hall–Kier alpha value is -2.42. The summed E-state index contributed by atoms with van der Waals surface area (Å²) < 4.78 is 16.7. The SMILES string of the molecule is C=COCc1c(/C=C/C)c(OC)c2ccccc2c1OC. The first-order chi connectivity index (χ1) is 10.3. The normalized spacial score (nSPS) is 10.8. The maximum atomic E-state index is 5.64. The molecule has 0 saturated heterocycles. The molecule has 0 aliphatic rings. The van der Waals surface area contributed by atoms with Gasteiger partial charge in [-0.05, 0) is 6.92 Å². The Morgan fingerprint density at radius 2 is 1.67 bits per heavy atom. The third kappa shape index (κ3) is 2.72. The lowest BCUT2D eigenvalue weighted by atomic mass is 9.97. The zero-order chi connectivity index (χ0) is 15.2. The molecular formula is C18H20O3. The van der Waals surface area contributed by atoms with Gasteiger partial charge in [-0.1, -0.05) is 43.0 Å². The van der Waals surface area contributed by atoms with Gasteiger partial charge in [0.2, 0.25) is 0 Å². The molecule has 0 atom stereocenters. The predicted molar refractivity (Wildman–Crippen MR) is 86.7 cm³/mol. The van der Waals surface area contributed by atoms with Crippen LogP contribution in [-0.2, 0) is 11.3 Å². The summed E-state index contributed by atoms with van der Waals surface area (Å²) in [6, 6.07) is 8.02. The number of hydrogen-bond acceptors (Lipinski definition) is 3. The quantitative estimate of drug-likeness (QED) is 0.728. The van der Waals surface area contributed by atoms with E-state index in [1.54, 1.807) is 14.2 Å². The van der Waals surface area contributed by atoms with Crippen LogP contribution in [0.15, 0.2) is 43.2 Å². The van der Waals surface area contributed by atoms with Crippen LogP contribution < -0.4 is 9.47 Å². The van der Waals surface area contributed by atoms with Gasteiger partial charge in [-0.2, -0.15) is 0 Å². The molecule has 0 unspecified atom stereocenters. The highest BCUT2D eigenvalue weighted by Crippen LogP contribution is 2.41. The van der Waals surface area contributed by atoms with Crippen LogP contribution in [0.2, 0.25) is 0 Å². The van der Waals surface area contributed by atoms with Crippen LogP contribution in [0.1, 0.15) is 18.1 Å². The maximum absolute atomic E-state index is 5.64. The number of allylic oxidation sites excluding steroid dienone is 1. The van der Waals surface area contributed by atoms with Crippen molar-refractivity contribution >= 4 is 16.8 Å². The number of benzene rings is 2. The summed E-state index contributed by atoms with van der Waals surface area (Å²) in [5.74, 6) is 1.63. The monoisotopic (exact) mass is 284 g/mol. The molecule has 0 aliphatic heterocycles. The van der Waals surface area contributed by atoms with Crippen molar-refractivity contribution in [2.75, 3.05) is 14.2 Å². The van der Waals surface area contributed by atoms with Crippen LogP contribution in [0.25, 0.3) is 16.8 Å². The van der Waals surface area contributed by atoms with Crippen molar-refractivity contribution in [2.24, 2.45) is 0 Å². The number of ether oxygens (including phenoxy) is 3. The fourth-order valence-corrected chi connectivity index (χ4v) is 2.53. The first-order valence-electron chi connectivity index (χ1n) is 6.79. The van der Waals surface area contributed by atoms with Gasteiger partial charge < -0.3 is 14.2 Å². The lowest BCUT2D eigenvalue weighted by Crippen LogP contribution is -2.01. The van der Waals surface area contributed by atoms with Crippen LogP contribution in [0.3, 0.4) is 0 Å². The van der Waals surface area contributed by atoms with Gasteiger partial charge in [-0.25, -0.2) is 0 Å². The first kappa shape index (κ1) is 15.0. The Labute approximate surface area is 125 Å². The molecule has 0 spiro atoms. The van der Waals surface area contributed by atoms with E-state index in [9.17, 15) is 0 Å². The van der Waals surface area contributed by atoms with Gasteiger partial charge >= 0.3 is 0 Å². The van der Waals surface area contributed by atoms with E-state index in [0.29, 0.717) is 6.61 Å². The molecule has 0 radical (unpaired) electrons. The molecule has 21 heavy (non-hydrogen) atoms. The highest BCUT2D eigenvalue weighted by atomic mass is 16.5. The van der Waals surface area contributed by atoms with Crippen LogP contribution in [0, 0.1) is 0 Å². The molecule has 0 heterocycles. The molecule has 2 rings (SSSR count). The summed E-state index contributed by atoms with van der Waals surface area (Å²) >= 11 is 0. The fraction of sp³-hybridized carbons (Fsp3) is 0.222. The summed E-state index contributed by atoms with van der Waals surface area (Å²) in [6.07, 6.45) is 5.42. The Kier molecular flexibility index (Phi) is 4.88. The standard InChI is InChI=1S/C18H20O3/c1-5-9-13-16(12-21-6-2)18(20-4)15-11-8-7-10-14(15)17(13)19-3/h5-11H,2,12H2,1,3-4H3/b9-5+. The van der Waals surface area contributed by atoms with Gasteiger partial charge in [-0.15, -0.1) is 0 Å². The van der Waals surface area contributed by atoms with Crippen molar-refractivity contribution in [3.63, 3.8) is 0 Å². The minimum Gasteiger partial charge on any atom is -0.497 e. The average Bonchev–Trinajstić information content (AvgIpc) is 2.52. The molecule has 0 saturated carbocycles. The Bertz CT molecular complexity index is 672. The number of methoxy groups -OCH3 is 2. The summed E-state index contributed by atoms with van der Waals surface area (Å²) in [4.78, 5) is 0. The molecule has 3 nitrogen and oxygen atoms in total. The van der Waals surface area contributed by atoms with E-state index >= 15 is 0 Å². The third-order valence-corrected chi connectivity index (χ3v) is 3.35. The van der Waals surface area contributed by atoms with Crippen LogP contribution in [-0.4, -0.2) is 14.2 Å². The lowest BCUT2D eigenvalue weighted by molar-refractivity contribution is 0.232. The summed E-state index contributed by atoms with van der Waals surface area (Å²) in [5.41, 5.74) is 1.92. The van der Waals surface area contributed by atoms with Crippen LogP contribution >= 0.6 is 0 Å². The van der Waals surface area contributed by atoms with Gasteiger partial charge in [0, 0.05) is 21.9 Å². The van der Waals surface area contributed by atoms with E-state index in [-0.39, 0.29) is 0 Å². The molecule has 0 bridgehead atoms. The first-order valence-corrected chi connectivity index (χ1v) is 6.79. The Balaban J connectivity index is 2.87. The van der Waals surface area contributed by atoms with Crippen LogP contribution in [0.5, 0.6) is 11.5 Å². The second-order valence-electron chi connectivity index (χ2n) is 4.48. The third-order valence-electron chi connectivity index (χ3n) is 3.35. The second kappa shape index (κ2) is 6.84. The molecule has 0 aromatic heterocycles. The topological polar surface area (TPSA) is 27.7 Å². The molecule has 0 N–H and O–H groups in total. The van der Waals surface area contributed by atoms with E-state index < -0.39 is 0 Å². The molecule has 0 aliphatic carbocycles. The van der Waals surface area contributed by atoms with Gasteiger partial charge in [0.15, 0.2) is 0 Å². The summed E-state index contributed by atoms with van der Waals surface area (Å²) in [6.45, 7) is 5.95. The number of hydrogen-bond donors (Lipinski definition) is 0. The van der Waals surface area contributed by atoms with Gasteiger partial charge in [-0.3, -0.25) is 0 Å². The van der Waals surface area contributed by atoms with Crippen molar-refractivity contribution in [3.05, 3.63) is 54.3 Å². The van der Waals surface area contributed by atoms with Gasteiger partial charge in [0.25, 0.3) is 0 Å². The smallest absolute Gasteiger partial charge is 0.134 e. The fourth-order valence-electron chi connectivity index (χ4n) is 2.53. The molecule has 110 valence electrons. The van der Waals surface area contributed by atoms with Crippen molar-refractivity contribution < 1.29 is 14.2 Å². The Morgan fingerprint density at radius 3 is 2.19 bits per heavy atom. The van der Waals surface area contributed by atoms with Crippen molar-refractivity contribution in [1.29, 1.82) is 0 Å². The molecule has 2 aromatic carbocycles. The summed E-state index contributed by atoms with van der Waals surface area (Å²) in [5, 5.41) is 2.03. The average molecular weight is 284 g/mol. The van der Waals surface area contributed by atoms with E-state index in [1.165, 1.54) is 6.26 Å². The van der Waals surface area contributed by atoms with E-state index in [0.717, 1.165) is 33.4 Å². The zero-order valence-electron chi connectivity index (χ0n) is 12.7. The van der Waals surface area contributed by atoms with Gasteiger partial charge in [0.05, 0.1) is 20.5 Å². The number of rotatable bonds is 6. The minimum atomic E-state index is 0.382. The second-order valence-corrected chi connectivity index (χ2v) is 4.48. The van der Waals surface area contributed by atoms with Gasteiger partial charge in [0.1, 0.15) is 18.1 Å². The number of fused-ring (bicyclic) bond motifs is 1. The molecular weight excluding hydrogens is 264 g/mol. The highest BCUT2D eigenvalue weighted by molar-refractivity contribution is 5.98. The largest absolute Gasteiger partial charge is 0.497 e. The maximum Gasteiger partial charge on any atom is 0.134 e. The van der Waals surface area contributed by atoms with E-state index in [4.69, 9.17) is 14.2 Å². The highest BCUT2D eigenvalue weighted by Gasteiger charge is 2.19. The Morgan fingerprint density at radius 1 is 1.05 bits per heavy atom. The lowest BCUT2D eigenvalue weighted by Gasteiger charge is -2.19. The zero-order valence-corrected chi connectivity index (χ0v) is 12.7. The van der Waals surface area contributed by atoms with Crippen molar-refractivity contribution in [3.8, 4) is 11.5 Å². The molecule has 3 heteroatoms.